The highest BCUT2D eigenvalue weighted by Gasteiger charge is 2.39. The molecule has 2 rings (SSSR count). The molecule has 0 heterocycles. The van der Waals surface area contributed by atoms with Crippen molar-refractivity contribution in [1.82, 2.24) is 4.90 Å². The molecule has 2 aromatic rings. The van der Waals surface area contributed by atoms with E-state index >= 15 is 0 Å². The van der Waals surface area contributed by atoms with Crippen LogP contribution >= 0.6 is 34.8 Å². The van der Waals surface area contributed by atoms with Crippen LogP contribution in [0.1, 0.15) is 26.3 Å². The molecule has 2 aromatic carbocycles. The summed E-state index contributed by atoms with van der Waals surface area (Å²) in [6.07, 6.45) is 0. The summed E-state index contributed by atoms with van der Waals surface area (Å²) in [6.45, 7) is 6.16. The first-order valence-electron chi connectivity index (χ1n) is 6.96. The van der Waals surface area contributed by atoms with Crippen LogP contribution in [0.15, 0.2) is 42.5 Å². The van der Waals surface area contributed by atoms with E-state index in [-0.39, 0.29) is 0 Å². The number of rotatable bonds is 2. The molecule has 0 bridgehead atoms. The van der Waals surface area contributed by atoms with Crippen molar-refractivity contribution in [3.63, 3.8) is 0 Å². The zero-order chi connectivity index (χ0) is 16.5. The molecule has 118 valence electrons. The minimum absolute atomic E-state index is 0.387. The van der Waals surface area contributed by atoms with Crippen LogP contribution in [0.5, 0.6) is 0 Å². The second kappa shape index (κ2) is 6.27. The van der Waals surface area contributed by atoms with Crippen LogP contribution in [0.3, 0.4) is 0 Å². The van der Waals surface area contributed by atoms with Crippen molar-refractivity contribution < 1.29 is 4.79 Å². The Morgan fingerprint density at radius 2 is 1.59 bits per heavy atom. The van der Waals surface area contributed by atoms with E-state index < -0.39 is 15.2 Å². The monoisotopic (exact) mass is 357 g/mol. The third-order valence-electron chi connectivity index (χ3n) is 3.51. The maximum absolute atomic E-state index is 12.5. The fraction of sp³-hybridized carbons (Fsp3) is 0.353. The Bertz CT molecular complexity index is 681. The molecular formula is C17H18Cl3NO. The lowest BCUT2D eigenvalue weighted by molar-refractivity contribution is -0.135. The Labute approximate surface area is 145 Å². The van der Waals surface area contributed by atoms with Crippen molar-refractivity contribution in [2.75, 3.05) is 0 Å². The topological polar surface area (TPSA) is 20.3 Å². The maximum Gasteiger partial charge on any atom is 0.275 e. The SMILES string of the molecule is CC(C)(C)N(Cc1cccc2ccccc12)C(=O)C(Cl)(Cl)Cl. The first kappa shape index (κ1) is 17.4. The van der Waals surface area contributed by atoms with E-state index in [0.29, 0.717) is 6.54 Å². The maximum atomic E-state index is 12.5. The van der Waals surface area contributed by atoms with Crippen molar-refractivity contribution >= 4 is 51.5 Å². The van der Waals surface area contributed by atoms with Crippen LogP contribution < -0.4 is 0 Å². The summed E-state index contributed by atoms with van der Waals surface area (Å²) >= 11 is 17.4. The van der Waals surface area contributed by atoms with E-state index in [4.69, 9.17) is 34.8 Å². The molecule has 0 saturated heterocycles. The number of nitrogens with zero attached hydrogens (tertiary/aromatic N) is 1. The molecule has 0 aliphatic carbocycles. The number of benzene rings is 2. The Hall–Kier alpha value is -0.960. The minimum Gasteiger partial charge on any atom is -0.330 e. The Morgan fingerprint density at radius 3 is 2.18 bits per heavy atom. The van der Waals surface area contributed by atoms with E-state index in [9.17, 15) is 4.79 Å². The predicted octanol–water partition coefficient (Wildman–Crippen LogP) is 5.34. The normalized spacial score (nSPS) is 12.5. The van der Waals surface area contributed by atoms with Gasteiger partial charge in [-0.15, -0.1) is 0 Å². The van der Waals surface area contributed by atoms with Gasteiger partial charge < -0.3 is 4.90 Å². The summed E-state index contributed by atoms with van der Waals surface area (Å²) in [5.74, 6) is -0.516. The largest absolute Gasteiger partial charge is 0.330 e. The summed E-state index contributed by atoms with van der Waals surface area (Å²) < 4.78 is -1.96. The van der Waals surface area contributed by atoms with Crippen LogP contribution in [-0.2, 0) is 11.3 Å². The summed E-state index contributed by atoms with van der Waals surface area (Å²) in [6, 6.07) is 14.0. The number of carbonyl (C=O) groups is 1. The number of hydrogen-bond donors (Lipinski definition) is 0. The molecule has 0 atom stereocenters. The number of alkyl halides is 3. The molecule has 0 aliphatic heterocycles. The third kappa shape index (κ3) is 3.87. The highest BCUT2D eigenvalue weighted by atomic mass is 35.6. The van der Waals surface area contributed by atoms with Crippen LogP contribution in [0.25, 0.3) is 10.8 Å². The van der Waals surface area contributed by atoms with Gasteiger partial charge in [0.25, 0.3) is 9.70 Å². The smallest absolute Gasteiger partial charge is 0.275 e. The molecule has 0 aromatic heterocycles. The molecule has 22 heavy (non-hydrogen) atoms. The highest BCUT2D eigenvalue weighted by Crippen LogP contribution is 2.33. The van der Waals surface area contributed by atoms with Crippen molar-refractivity contribution in [1.29, 1.82) is 0 Å². The lowest BCUT2D eigenvalue weighted by atomic mass is 10.0. The van der Waals surface area contributed by atoms with Gasteiger partial charge in [0.15, 0.2) is 0 Å². The molecule has 0 spiro atoms. The highest BCUT2D eigenvalue weighted by molar-refractivity contribution is 6.76. The molecule has 0 radical (unpaired) electrons. The average molecular weight is 359 g/mol. The zero-order valence-corrected chi connectivity index (χ0v) is 15.0. The predicted molar refractivity (Wildman–Crippen MR) is 94.5 cm³/mol. The van der Waals surface area contributed by atoms with Crippen LogP contribution in [0.4, 0.5) is 0 Å². The van der Waals surface area contributed by atoms with Crippen molar-refractivity contribution in [3.8, 4) is 0 Å². The number of carbonyl (C=O) groups excluding carboxylic acids is 1. The van der Waals surface area contributed by atoms with Crippen LogP contribution in [0, 0.1) is 0 Å². The molecule has 0 N–H and O–H groups in total. The number of fused-ring (bicyclic) bond motifs is 1. The summed E-state index contributed by atoms with van der Waals surface area (Å²) in [5.41, 5.74) is 0.563. The lowest BCUT2D eigenvalue weighted by Gasteiger charge is -2.37. The van der Waals surface area contributed by atoms with E-state index in [2.05, 4.69) is 0 Å². The van der Waals surface area contributed by atoms with Gasteiger partial charge in [0, 0.05) is 12.1 Å². The minimum atomic E-state index is -1.96. The Balaban J connectivity index is 2.45. The summed E-state index contributed by atoms with van der Waals surface area (Å²) in [4.78, 5) is 14.1. The first-order chi connectivity index (χ1) is 10.1. The molecule has 5 heteroatoms. The van der Waals surface area contributed by atoms with Crippen molar-refractivity contribution in [2.24, 2.45) is 0 Å². The Kier molecular flexibility index (Phi) is 4.96. The summed E-state index contributed by atoms with van der Waals surface area (Å²) in [7, 11) is 0. The number of amides is 1. The number of halogens is 3. The van der Waals surface area contributed by atoms with Crippen LogP contribution in [-0.4, -0.2) is 20.1 Å². The van der Waals surface area contributed by atoms with Gasteiger partial charge in [-0.2, -0.15) is 0 Å². The van der Waals surface area contributed by atoms with Gasteiger partial charge in [-0.3, -0.25) is 4.79 Å². The van der Waals surface area contributed by atoms with E-state index in [1.165, 1.54) is 0 Å². The average Bonchev–Trinajstić information content (AvgIpc) is 2.42. The van der Waals surface area contributed by atoms with Gasteiger partial charge in [0.1, 0.15) is 0 Å². The summed E-state index contributed by atoms with van der Waals surface area (Å²) in [5, 5.41) is 2.21. The fourth-order valence-corrected chi connectivity index (χ4v) is 2.67. The van der Waals surface area contributed by atoms with Gasteiger partial charge in [-0.05, 0) is 37.1 Å². The zero-order valence-electron chi connectivity index (χ0n) is 12.7. The molecule has 0 unspecified atom stereocenters. The van der Waals surface area contributed by atoms with Crippen molar-refractivity contribution in [3.05, 3.63) is 48.0 Å². The number of hydrogen-bond acceptors (Lipinski definition) is 1. The van der Waals surface area contributed by atoms with Gasteiger partial charge in [0.05, 0.1) is 0 Å². The van der Waals surface area contributed by atoms with E-state index in [1.807, 2.05) is 63.2 Å². The fourth-order valence-electron chi connectivity index (χ4n) is 2.37. The van der Waals surface area contributed by atoms with Gasteiger partial charge >= 0.3 is 0 Å². The second-order valence-electron chi connectivity index (χ2n) is 6.20. The Morgan fingerprint density at radius 1 is 1.00 bits per heavy atom. The van der Waals surface area contributed by atoms with E-state index in [1.54, 1.807) is 4.90 Å². The first-order valence-corrected chi connectivity index (χ1v) is 8.09. The molecule has 2 nitrogen and oxygen atoms in total. The quantitative estimate of drug-likeness (QED) is 0.664. The second-order valence-corrected chi connectivity index (χ2v) is 8.48. The van der Waals surface area contributed by atoms with Gasteiger partial charge in [-0.1, -0.05) is 77.3 Å². The van der Waals surface area contributed by atoms with Gasteiger partial charge in [0.2, 0.25) is 0 Å². The molecule has 0 fully saturated rings. The van der Waals surface area contributed by atoms with E-state index in [0.717, 1.165) is 16.3 Å². The standard InChI is InChI=1S/C17H18Cl3NO/c1-16(2,3)21(15(22)17(18,19)20)11-13-9-6-8-12-7-4-5-10-14(12)13/h4-10H,11H2,1-3H3. The molecule has 0 aliphatic rings. The van der Waals surface area contributed by atoms with Crippen molar-refractivity contribution in [2.45, 2.75) is 36.6 Å². The lowest BCUT2D eigenvalue weighted by Crippen LogP contribution is -2.49. The molecular weight excluding hydrogens is 341 g/mol. The third-order valence-corrected chi connectivity index (χ3v) is 3.99. The van der Waals surface area contributed by atoms with Crippen LogP contribution in [0.2, 0.25) is 0 Å². The molecule has 0 saturated carbocycles. The molecule has 1 amide bonds. The van der Waals surface area contributed by atoms with Gasteiger partial charge in [-0.25, -0.2) is 0 Å².